The van der Waals surface area contributed by atoms with Crippen molar-refractivity contribution >= 4 is 28.9 Å². The molecule has 0 spiro atoms. The molecule has 100 valence electrons. The Bertz CT molecular complexity index is 574. The Labute approximate surface area is 122 Å². The smallest absolute Gasteiger partial charge is 0.0806 e. The molecule has 0 aliphatic heterocycles. The summed E-state index contributed by atoms with van der Waals surface area (Å²) in [5.74, 6) is 0. The van der Waals surface area contributed by atoms with Crippen molar-refractivity contribution in [1.29, 1.82) is 0 Å². The van der Waals surface area contributed by atoms with Gasteiger partial charge in [-0.3, -0.25) is 9.97 Å². The van der Waals surface area contributed by atoms with Crippen molar-refractivity contribution in [1.82, 2.24) is 15.3 Å². The Balaban J connectivity index is 2.48. The van der Waals surface area contributed by atoms with Crippen LogP contribution in [0.15, 0.2) is 30.7 Å². The van der Waals surface area contributed by atoms with Crippen LogP contribution in [0.1, 0.15) is 24.2 Å². The van der Waals surface area contributed by atoms with Gasteiger partial charge in [0.25, 0.3) is 0 Å². The lowest BCUT2D eigenvalue weighted by Crippen LogP contribution is -2.24. The molecule has 3 N–H and O–H groups in total. The lowest BCUT2D eigenvalue weighted by atomic mass is 10.0. The van der Waals surface area contributed by atoms with E-state index >= 15 is 0 Å². The van der Waals surface area contributed by atoms with E-state index in [1.165, 1.54) is 0 Å². The number of nitrogen functional groups attached to an aromatic ring is 1. The zero-order valence-corrected chi connectivity index (χ0v) is 11.9. The number of nitrogens with zero attached hydrogens (tertiary/aromatic N) is 2. The van der Waals surface area contributed by atoms with Crippen LogP contribution in [0.4, 0.5) is 5.69 Å². The summed E-state index contributed by atoms with van der Waals surface area (Å²) in [6.45, 7) is 2.75. The van der Waals surface area contributed by atoms with Crippen molar-refractivity contribution in [3.63, 3.8) is 0 Å². The van der Waals surface area contributed by atoms with Gasteiger partial charge >= 0.3 is 0 Å². The highest BCUT2D eigenvalue weighted by Gasteiger charge is 2.20. The zero-order valence-electron chi connectivity index (χ0n) is 10.4. The molecule has 0 saturated carbocycles. The number of hydrogen-bond donors (Lipinski definition) is 2. The summed E-state index contributed by atoms with van der Waals surface area (Å²) >= 11 is 12.1. The monoisotopic (exact) mass is 296 g/mol. The molecule has 0 fully saturated rings. The fourth-order valence-electron chi connectivity index (χ4n) is 1.85. The normalized spacial score (nSPS) is 12.4. The Morgan fingerprint density at radius 3 is 2.79 bits per heavy atom. The molecule has 0 aliphatic carbocycles. The predicted octanol–water partition coefficient (Wildman–Crippen LogP) is 3.06. The molecule has 0 aliphatic rings. The molecule has 1 unspecified atom stereocenters. The molecule has 1 atom stereocenters. The molecule has 19 heavy (non-hydrogen) atoms. The number of halogens is 2. The first-order valence-electron chi connectivity index (χ1n) is 5.87. The highest BCUT2D eigenvalue weighted by atomic mass is 35.5. The molecule has 6 heteroatoms. The number of aromatic nitrogens is 2. The lowest BCUT2D eigenvalue weighted by molar-refractivity contribution is 0.615. The number of nitrogens with two attached hydrogens (primary N) is 1. The van der Waals surface area contributed by atoms with Crippen molar-refractivity contribution in [3.8, 4) is 0 Å². The van der Waals surface area contributed by atoms with E-state index in [1.54, 1.807) is 30.7 Å². The standard InChI is InChI=1S/C13H14Cl2N4/c1-2-18-12(9-7-17-4-3-11(9)16)13-10(15)5-8(14)6-19-13/h3-7,12,18H,2H2,1H3,(H2,16,17). The Kier molecular flexibility index (Phi) is 4.58. The first-order valence-corrected chi connectivity index (χ1v) is 6.62. The van der Waals surface area contributed by atoms with Crippen LogP contribution in [-0.4, -0.2) is 16.5 Å². The van der Waals surface area contributed by atoms with Crippen LogP contribution in [0, 0.1) is 0 Å². The molecule has 2 aromatic rings. The molecule has 2 rings (SSSR count). The third-order valence-electron chi connectivity index (χ3n) is 2.72. The molecule has 0 radical (unpaired) electrons. The van der Waals surface area contributed by atoms with E-state index in [-0.39, 0.29) is 6.04 Å². The second-order valence-electron chi connectivity index (χ2n) is 4.02. The third kappa shape index (κ3) is 3.15. The van der Waals surface area contributed by atoms with E-state index in [1.807, 2.05) is 6.92 Å². The maximum absolute atomic E-state index is 6.21. The van der Waals surface area contributed by atoms with Gasteiger partial charge in [0.1, 0.15) is 0 Å². The summed E-state index contributed by atoms with van der Waals surface area (Å²) < 4.78 is 0. The molecule has 2 heterocycles. The first kappa shape index (κ1) is 14.1. The molecule has 0 amide bonds. The minimum absolute atomic E-state index is 0.205. The second-order valence-corrected chi connectivity index (χ2v) is 4.86. The van der Waals surface area contributed by atoms with Gasteiger partial charge in [0, 0.05) is 29.8 Å². The summed E-state index contributed by atoms with van der Waals surface area (Å²) in [6, 6.07) is 3.22. The average Bonchev–Trinajstić information content (AvgIpc) is 2.38. The molecule has 4 nitrogen and oxygen atoms in total. The molecule has 2 aromatic heterocycles. The summed E-state index contributed by atoms with van der Waals surface area (Å²) in [5.41, 5.74) is 8.17. The SMILES string of the molecule is CCNC(c1cnccc1N)c1ncc(Cl)cc1Cl. The lowest BCUT2D eigenvalue weighted by Gasteiger charge is -2.20. The fraction of sp³-hybridized carbons (Fsp3) is 0.231. The predicted molar refractivity (Wildman–Crippen MR) is 78.4 cm³/mol. The van der Waals surface area contributed by atoms with Crippen LogP contribution in [0.25, 0.3) is 0 Å². The Morgan fingerprint density at radius 2 is 2.16 bits per heavy atom. The van der Waals surface area contributed by atoms with Crippen molar-refractivity contribution in [2.75, 3.05) is 12.3 Å². The second kappa shape index (κ2) is 6.19. The summed E-state index contributed by atoms with van der Waals surface area (Å²) in [6.07, 6.45) is 4.94. The quantitative estimate of drug-likeness (QED) is 0.910. The van der Waals surface area contributed by atoms with Gasteiger partial charge in [0.15, 0.2) is 0 Å². The first-order chi connectivity index (χ1) is 9.13. The molecular weight excluding hydrogens is 283 g/mol. The van der Waals surface area contributed by atoms with Crippen molar-refractivity contribution < 1.29 is 0 Å². The van der Waals surface area contributed by atoms with E-state index in [4.69, 9.17) is 28.9 Å². The maximum Gasteiger partial charge on any atom is 0.0806 e. The number of anilines is 1. The fourth-order valence-corrected chi connectivity index (χ4v) is 2.34. The number of rotatable bonds is 4. The van der Waals surface area contributed by atoms with Crippen LogP contribution in [-0.2, 0) is 0 Å². The highest BCUT2D eigenvalue weighted by Crippen LogP contribution is 2.30. The Morgan fingerprint density at radius 1 is 1.37 bits per heavy atom. The van der Waals surface area contributed by atoms with Crippen LogP contribution in [0.2, 0.25) is 10.0 Å². The Hall–Kier alpha value is -1.36. The number of nitrogens with one attached hydrogen (secondary N) is 1. The summed E-state index contributed by atoms with van der Waals surface area (Å²) in [4.78, 5) is 8.41. The number of hydrogen-bond acceptors (Lipinski definition) is 4. The average molecular weight is 297 g/mol. The van der Waals surface area contributed by atoms with E-state index < -0.39 is 0 Å². The molecule has 0 saturated heterocycles. The van der Waals surface area contributed by atoms with E-state index in [2.05, 4.69) is 15.3 Å². The molecular formula is C13H14Cl2N4. The highest BCUT2D eigenvalue weighted by molar-refractivity contribution is 6.34. The third-order valence-corrected chi connectivity index (χ3v) is 3.23. The van der Waals surface area contributed by atoms with Crippen molar-refractivity contribution in [2.24, 2.45) is 0 Å². The van der Waals surface area contributed by atoms with Crippen LogP contribution in [0.3, 0.4) is 0 Å². The van der Waals surface area contributed by atoms with Crippen molar-refractivity contribution in [2.45, 2.75) is 13.0 Å². The van der Waals surface area contributed by atoms with Gasteiger partial charge in [-0.05, 0) is 18.7 Å². The minimum atomic E-state index is -0.205. The van der Waals surface area contributed by atoms with Crippen LogP contribution < -0.4 is 11.1 Å². The van der Waals surface area contributed by atoms with Gasteiger partial charge in [0.2, 0.25) is 0 Å². The minimum Gasteiger partial charge on any atom is -0.398 e. The van der Waals surface area contributed by atoms with Gasteiger partial charge in [0.05, 0.1) is 21.8 Å². The maximum atomic E-state index is 6.21. The largest absolute Gasteiger partial charge is 0.398 e. The summed E-state index contributed by atoms with van der Waals surface area (Å²) in [5, 5.41) is 4.31. The van der Waals surface area contributed by atoms with Gasteiger partial charge < -0.3 is 11.1 Å². The van der Waals surface area contributed by atoms with E-state index in [0.29, 0.717) is 21.4 Å². The molecule has 0 aromatic carbocycles. The van der Waals surface area contributed by atoms with Gasteiger partial charge in [-0.25, -0.2) is 0 Å². The number of pyridine rings is 2. The van der Waals surface area contributed by atoms with Gasteiger partial charge in [-0.1, -0.05) is 30.1 Å². The van der Waals surface area contributed by atoms with Crippen molar-refractivity contribution in [3.05, 3.63) is 52.0 Å². The van der Waals surface area contributed by atoms with Crippen LogP contribution in [0.5, 0.6) is 0 Å². The van der Waals surface area contributed by atoms with E-state index in [0.717, 1.165) is 12.1 Å². The van der Waals surface area contributed by atoms with Crippen LogP contribution >= 0.6 is 23.2 Å². The topological polar surface area (TPSA) is 63.8 Å². The van der Waals surface area contributed by atoms with Gasteiger partial charge in [-0.2, -0.15) is 0 Å². The van der Waals surface area contributed by atoms with E-state index in [9.17, 15) is 0 Å². The molecule has 0 bridgehead atoms. The summed E-state index contributed by atoms with van der Waals surface area (Å²) in [7, 11) is 0. The van der Waals surface area contributed by atoms with Gasteiger partial charge in [-0.15, -0.1) is 0 Å². The zero-order chi connectivity index (χ0) is 13.8.